The van der Waals surface area contributed by atoms with Gasteiger partial charge in [-0.05, 0) is 42.5 Å². The van der Waals surface area contributed by atoms with Crippen LogP contribution < -0.4 is 10.2 Å². The van der Waals surface area contributed by atoms with Crippen LogP contribution in [0.3, 0.4) is 0 Å². The molecule has 5 nitrogen and oxygen atoms in total. The van der Waals surface area contributed by atoms with Gasteiger partial charge in [0.05, 0.1) is 12.7 Å². The van der Waals surface area contributed by atoms with E-state index >= 15 is 0 Å². The molecule has 1 aliphatic heterocycles. The molecule has 0 radical (unpaired) electrons. The third-order valence-electron chi connectivity index (χ3n) is 5.92. The van der Waals surface area contributed by atoms with Crippen LogP contribution in [0.25, 0.3) is 0 Å². The number of esters is 1. The summed E-state index contributed by atoms with van der Waals surface area (Å²) >= 11 is 1.69. The van der Waals surface area contributed by atoms with Crippen molar-refractivity contribution in [1.82, 2.24) is 5.32 Å². The van der Waals surface area contributed by atoms with Crippen molar-refractivity contribution >= 4 is 28.8 Å². The van der Waals surface area contributed by atoms with Crippen LogP contribution in [0.15, 0.2) is 64.3 Å². The standard InChI is InChI=1S/C24H26N2O3S/c1-14-21(24(28)29-4)22(15-7-9-17(10-8-15)26(2)3)23-18(25-14)12-16(13-19(23)27)20-6-5-11-30-20/h5-11,16,22,25H,12-13H2,1-4H3/t16-,22+/m0/s1. The molecule has 1 N–H and O–H groups in total. The molecule has 0 saturated carbocycles. The summed E-state index contributed by atoms with van der Waals surface area (Å²) in [4.78, 5) is 29.3. The van der Waals surface area contributed by atoms with Crippen LogP contribution >= 0.6 is 11.3 Å². The molecule has 2 aromatic rings. The highest BCUT2D eigenvalue weighted by Crippen LogP contribution is 2.46. The number of dihydropyridines is 1. The van der Waals surface area contributed by atoms with E-state index in [1.807, 2.05) is 61.6 Å². The van der Waals surface area contributed by atoms with Gasteiger partial charge in [0.2, 0.25) is 0 Å². The molecular weight excluding hydrogens is 396 g/mol. The quantitative estimate of drug-likeness (QED) is 0.743. The van der Waals surface area contributed by atoms with E-state index in [2.05, 4.69) is 11.4 Å². The van der Waals surface area contributed by atoms with Gasteiger partial charge in [0, 0.05) is 59.9 Å². The number of allylic oxidation sites excluding steroid dienone is 3. The Bertz CT molecular complexity index is 1030. The van der Waals surface area contributed by atoms with Crippen molar-refractivity contribution in [2.45, 2.75) is 31.6 Å². The number of ether oxygens (including phenoxy) is 1. The molecule has 0 spiro atoms. The highest BCUT2D eigenvalue weighted by molar-refractivity contribution is 7.10. The number of thiophene rings is 1. The Morgan fingerprint density at radius 3 is 2.50 bits per heavy atom. The van der Waals surface area contributed by atoms with Gasteiger partial charge in [-0.3, -0.25) is 4.79 Å². The molecule has 4 rings (SSSR count). The molecule has 1 aromatic heterocycles. The van der Waals surface area contributed by atoms with Crippen LogP contribution in [0.4, 0.5) is 5.69 Å². The zero-order valence-electron chi connectivity index (χ0n) is 17.7. The van der Waals surface area contributed by atoms with Gasteiger partial charge in [-0.2, -0.15) is 0 Å². The molecule has 2 aliphatic rings. The molecule has 6 heteroatoms. The maximum absolute atomic E-state index is 13.4. The number of nitrogens with one attached hydrogen (secondary N) is 1. The van der Waals surface area contributed by atoms with Crippen molar-refractivity contribution in [3.05, 3.63) is 74.8 Å². The SMILES string of the molecule is COC(=O)C1=C(C)NC2=C(C(=O)C[C@@H](c3cccs3)C2)[C@@H]1c1ccc(N(C)C)cc1. The first kappa shape index (κ1) is 20.4. The number of hydrogen-bond donors (Lipinski definition) is 1. The van der Waals surface area contributed by atoms with Gasteiger partial charge < -0.3 is 15.0 Å². The van der Waals surface area contributed by atoms with Crippen LogP contribution in [0.5, 0.6) is 0 Å². The number of carbonyl (C=O) groups is 2. The minimum Gasteiger partial charge on any atom is -0.466 e. The van der Waals surface area contributed by atoms with Crippen molar-refractivity contribution in [2.24, 2.45) is 0 Å². The summed E-state index contributed by atoms with van der Waals surface area (Å²) in [7, 11) is 5.35. The van der Waals surface area contributed by atoms with Crippen molar-refractivity contribution in [1.29, 1.82) is 0 Å². The Balaban J connectivity index is 1.80. The molecule has 0 unspecified atom stereocenters. The molecule has 1 aliphatic carbocycles. The van der Waals surface area contributed by atoms with Crippen molar-refractivity contribution in [3.8, 4) is 0 Å². The predicted octanol–water partition coefficient (Wildman–Crippen LogP) is 4.35. The second-order valence-electron chi connectivity index (χ2n) is 8.01. The van der Waals surface area contributed by atoms with E-state index < -0.39 is 11.9 Å². The van der Waals surface area contributed by atoms with Crippen LogP contribution in [-0.2, 0) is 14.3 Å². The van der Waals surface area contributed by atoms with Crippen LogP contribution in [-0.4, -0.2) is 33.0 Å². The first-order valence-electron chi connectivity index (χ1n) is 10.0. The second kappa shape index (κ2) is 8.11. The minimum atomic E-state index is -0.415. The van der Waals surface area contributed by atoms with Crippen molar-refractivity contribution < 1.29 is 14.3 Å². The zero-order chi connectivity index (χ0) is 21.4. The highest BCUT2D eigenvalue weighted by atomic mass is 32.1. The van der Waals surface area contributed by atoms with Gasteiger partial charge >= 0.3 is 5.97 Å². The lowest BCUT2D eigenvalue weighted by Crippen LogP contribution is -2.35. The molecular formula is C24H26N2O3S. The van der Waals surface area contributed by atoms with E-state index in [1.165, 1.54) is 12.0 Å². The number of anilines is 1. The molecule has 0 bridgehead atoms. The summed E-state index contributed by atoms with van der Waals surface area (Å²) in [6.45, 7) is 1.89. The zero-order valence-corrected chi connectivity index (χ0v) is 18.5. The van der Waals surface area contributed by atoms with E-state index in [0.717, 1.165) is 29.1 Å². The van der Waals surface area contributed by atoms with E-state index in [-0.39, 0.29) is 11.7 Å². The average Bonchev–Trinajstić information content (AvgIpc) is 3.27. The van der Waals surface area contributed by atoms with Crippen molar-refractivity contribution in [2.75, 3.05) is 26.1 Å². The Morgan fingerprint density at radius 1 is 1.17 bits per heavy atom. The summed E-state index contributed by atoms with van der Waals surface area (Å²) < 4.78 is 5.09. The fraction of sp³-hybridized carbons (Fsp3) is 0.333. The van der Waals surface area contributed by atoms with E-state index in [4.69, 9.17) is 4.74 Å². The molecule has 0 saturated heterocycles. The number of rotatable bonds is 4. The number of ketones is 1. The lowest BCUT2D eigenvalue weighted by molar-refractivity contribution is -0.136. The third-order valence-corrected chi connectivity index (χ3v) is 6.96. The Kier molecular flexibility index (Phi) is 5.52. The maximum atomic E-state index is 13.4. The molecule has 1 aromatic carbocycles. The topological polar surface area (TPSA) is 58.6 Å². The number of methoxy groups -OCH3 is 1. The fourth-order valence-corrected chi connectivity index (χ4v) is 5.27. The first-order chi connectivity index (χ1) is 14.4. The predicted molar refractivity (Wildman–Crippen MR) is 120 cm³/mol. The van der Waals surface area contributed by atoms with Crippen LogP contribution in [0, 0.1) is 0 Å². The summed E-state index contributed by atoms with van der Waals surface area (Å²) in [5.41, 5.74) is 4.88. The summed E-state index contributed by atoms with van der Waals surface area (Å²) in [5, 5.41) is 5.42. The Morgan fingerprint density at radius 2 is 1.90 bits per heavy atom. The third kappa shape index (κ3) is 3.56. The lowest BCUT2D eigenvalue weighted by atomic mass is 9.72. The Labute approximate surface area is 181 Å². The van der Waals surface area contributed by atoms with Gasteiger partial charge in [-0.1, -0.05) is 18.2 Å². The smallest absolute Gasteiger partial charge is 0.336 e. The largest absolute Gasteiger partial charge is 0.466 e. The summed E-state index contributed by atoms with van der Waals surface area (Å²) in [5.74, 6) is -0.547. The number of Topliss-reactive ketones (excluding diaryl/α,β-unsaturated/α-hetero) is 1. The lowest BCUT2D eigenvalue weighted by Gasteiger charge is -2.36. The second-order valence-corrected chi connectivity index (χ2v) is 8.99. The molecule has 0 fully saturated rings. The van der Waals surface area contributed by atoms with Gasteiger partial charge in [-0.25, -0.2) is 4.79 Å². The summed E-state index contributed by atoms with van der Waals surface area (Å²) in [6, 6.07) is 12.2. The normalized spacial score (nSPS) is 21.3. The highest BCUT2D eigenvalue weighted by Gasteiger charge is 2.41. The number of carbonyl (C=O) groups excluding carboxylic acids is 2. The monoisotopic (exact) mass is 422 g/mol. The first-order valence-corrected chi connectivity index (χ1v) is 10.9. The van der Waals surface area contributed by atoms with E-state index in [1.54, 1.807) is 11.3 Å². The van der Waals surface area contributed by atoms with E-state index in [9.17, 15) is 9.59 Å². The average molecular weight is 423 g/mol. The fourth-order valence-electron chi connectivity index (χ4n) is 4.44. The van der Waals surface area contributed by atoms with Gasteiger partial charge in [-0.15, -0.1) is 11.3 Å². The van der Waals surface area contributed by atoms with Crippen LogP contribution in [0.1, 0.15) is 42.0 Å². The maximum Gasteiger partial charge on any atom is 0.336 e. The molecule has 156 valence electrons. The van der Waals surface area contributed by atoms with Gasteiger partial charge in [0.15, 0.2) is 5.78 Å². The number of benzene rings is 1. The number of hydrogen-bond acceptors (Lipinski definition) is 6. The van der Waals surface area contributed by atoms with Gasteiger partial charge in [0.1, 0.15) is 0 Å². The van der Waals surface area contributed by atoms with Crippen LogP contribution in [0.2, 0.25) is 0 Å². The molecule has 0 amide bonds. The molecule has 2 heterocycles. The van der Waals surface area contributed by atoms with Crippen molar-refractivity contribution in [3.63, 3.8) is 0 Å². The van der Waals surface area contributed by atoms with E-state index in [0.29, 0.717) is 17.6 Å². The minimum absolute atomic E-state index is 0.0951. The molecule has 2 atom stereocenters. The number of nitrogens with zero attached hydrogens (tertiary/aromatic N) is 1. The van der Waals surface area contributed by atoms with Gasteiger partial charge in [0.25, 0.3) is 0 Å². The summed E-state index contributed by atoms with van der Waals surface area (Å²) in [6.07, 6.45) is 1.22. The molecule has 30 heavy (non-hydrogen) atoms. The Hall–Kier alpha value is -2.86.